The van der Waals surface area contributed by atoms with E-state index in [2.05, 4.69) is 12.2 Å². The lowest BCUT2D eigenvalue weighted by molar-refractivity contribution is -0.0761. The Bertz CT molecular complexity index is 374. The first-order valence-electron chi connectivity index (χ1n) is 8.37. The van der Waals surface area contributed by atoms with E-state index in [4.69, 9.17) is 9.47 Å². The van der Waals surface area contributed by atoms with Crippen LogP contribution in [0.25, 0.3) is 0 Å². The van der Waals surface area contributed by atoms with Gasteiger partial charge in [0.1, 0.15) is 12.4 Å². The summed E-state index contributed by atoms with van der Waals surface area (Å²) in [6.07, 6.45) is 7.44. The molecule has 0 atom stereocenters. The first-order valence-corrected chi connectivity index (χ1v) is 8.37. The predicted molar refractivity (Wildman–Crippen MR) is 86.9 cm³/mol. The van der Waals surface area contributed by atoms with Crippen LogP contribution in [-0.4, -0.2) is 31.9 Å². The fraction of sp³-hybridized carbons (Fsp3) is 0.667. The fourth-order valence-electron chi connectivity index (χ4n) is 3.00. The van der Waals surface area contributed by atoms with Crippen molar-refractivity contribution in [2.45, 2.75) is 51.0 Å². The minimum atomic E-state index is 0.0352. The van der Waals surface area contributed by atoms with Crippen LogP contribution >= 0.6 is 0 Å². The normalized spacial score (nSPS) is 17.6. The zero-order chi connectivity index (χ0) is 14.8. The molecule has 0 unspecified atom stereocenters. The summed E-state index contributed by atoms with van der Waals surface area (Å²) >= 11 is 0. The highest BCUT2D eigenvalue weighted by Crippen LogP contribution is 2.31. The topological polar surface area (TPSA) is 30.5 Å². The Hall–Kier alpha value is -1.06. The smallest absolute Gasteiger partial charge is 0.119 e. The van der Waals surface area contributed by atoms with Crippen LogP contribution in [0, 0.1) is 0 Å². The molecule has 1 aromatic rings. The van der Waals surface area contributed by atoms with Crippen molar-refractivity contribution in [1.82, 2.24) is 5.32 Å². The van der Waals surface area contributed by atoms with Crippen LogP contribution in [0.3, 0.4) is 0 Å². The van der Waals surface area contributed by atoms with Gasteiger partial charge in [0.25, 0.3) is 0 Å². The molecule has 0 aromatic heterocycles. The fourth-order valence-corrected chi connectivity index (χ4v) is 3.00. The third-order valence-corrected chi connectivity index (χ3v) is 4.14. The van der Waals surface area contributed by atoms with Crippen LogP contribution in [0.1, 0.15) is 45.4 Å². The van der Waals surface area contributed by atoms with E-state index in [-0.39, 0.29) is 5.60 Å². The molecule has 1 N–H and O–H groups in total. The Morgan fingerprint density at radius 2 is 1.81 bits per heavy atom. The molecule has 0 spiro atoms. The molecule has 1 aliphatic rings. The summed E-state index contributed by atoms with van der Waals surface area (Å²) in [4.78, 5) is 0. The van der Waals surface area contributed by atoms with E-state index in [0.29, 0.717) is 13.2 Å². The van der Waals surface area contributed by atoms with Crippen LogP contribution in [0.5, 0.6) is 5.75 Å². The summed E-state index contributed by atoms with van der Waals surface area (Å²) in [6.45, 7) is 5.55. The molecular formula is C18H29NO2. The molecule has 1 fully saturated rings. The van der Waals surface area contributed by atoms with Crippen LogP contribution in [0.2, 0.25) is 0 Å². The molecule has 0 amide bonds. The molecule has 1 aliphatic carbocycles. The van der Waals surface area contributed by atoms with E-state index in [9.17, 15) is 0 Å². The highest BCUT2D eigenvalue weighted by atomic mass is 16.5. The van der Waals surface area contributed by atoms with Crippen LogP contribution in [0.15, 0.2) is 30.3 Å². The van der Waals surface area contributed by atoms with Gasteiger partial charge in [-0.15, -0.1) is 0 Å². The van der Waals surface area contributed by atoms with E-state index in [1.165, 1.54) is 38.5 Å². The molecule has 0 radical (unpaired) electrons. The zero-order valence-electron chi connectivity index (χ0n) is 13.3. The van der Waals surface area contributed by atoms with Crippen molar-refractivity contribution in [2.75, 3.05) is 26.3 Å². The summed E-state index contributed by atoms with van der Waals surface area (Å²) in [5, 5.41) is 3.54. The molecule has 3 heteroatoms. The SMILES string of the molecule is CCCNCC1(OCCOc2ccccc2)CCCCC1. The number of para-hydroxylation sites is 1. The lowest BCUT2D eigenvalue weighted by Crippen LogP contribution is -2.45. The number of rotatable bonds is 9. The molecule has 3 nitrogen and oxygen atoms in total. The molecular weight excluding hydrogens is 262 g/mol. The van der Waals surface area contributed by atoms with Gasteiger partial charge in [-0.3, -0.25) is 0 Å². The van der Waals surface area contributed by atoms with E-state index < -0.39 is 0 Å². The van der Waals surface area contributed by atoms with Crippen LogP contribution in [0.4, 0.5) is 0 Å². The minimum absolute atomic E-state index is 0.0352. The van der Waals surface area contributed by atoms with Crippen LogP contribution in [-0.2, 0) is 4.74 Å². The van der Waals surface area contributed by atoms with E-state index in [1.807, 2.05) is 30.3 Å². The van der Waals surface area contributed by atoms with Crippen molar-refractivity contribution in [2.24, 2.45) is 0 Å². The number of nitrogens with one attached hydrogen (secondary N) is 1. The van der Waals surface area contributed by atoms with Gasteiger partial charge in [-0.05, 0) is 37.9 Å². The predicted octanol–water partition coefficient (Wildman–Crippen LogP) is 3.78. The second-order valence-electron chi connectivity index (χ2n) is 5.93. The molecule has 1 saturated carbocycles. The Morgan fingerprint density at radius 1 is 1.05 bits per heavy atom. The minimum Gasteiger partial charge on any atom is -0.491 e. The van der Waals surface area contributed by atoms with Gasteiger partial charge in [0, 0.05) is 6.54 Å². The summed E-state index contributed by atoms with van der Waals surface area (Å²) in [7, 11) is 0. The second kappa shape index (κ2) is 9.06. The Balaban J connectivity index is 1.73. The van der Waals surface area contributed by atoms with Crippen molar-refractivity contribution in [1.29, 1.82) is 0 Å². The summed E-state index contributed by atoms with van der Waals surface area (Å²) < 4.78 is 12.0. The molecule has 0 bridgehead atoms. The molecule has 0 heterocycles. The number of ether oxygens (including phenoxy) is 2. The summed E-state index contributed by atoms with van der Waals surface area (Å²) in [5.41, 5.74) is 0.0352. The summed E-state index contributed by atoms with van der Waals surface area (Å²) in [6, 6.07) is 9.96. The maximum absolute atomic E-state index is 6.25. The maximum Gasteiger partial charge on any atom is 0.119 e. The average Bonchev–Trinajstić information content (AvgIpc) is 2.54. The van der Waals surface area contributed by atoms with E-state index in [0.717, 1.165) is 18.8 Å². The van der Waals surface area contributed by atoms with Crippen molar-refractivity contribution in [3.05, 3.63) is 30.3 Å². The largest absolute Gasteiger partial charge is 0.491 e. The number of hydrogen-bond donors (Lipinski definition) is 1. The van der Waals surface area contributed by atoms with Gasteiger partial charge in [0.15, 0.2) is 0 Å². The van der Waals surface area contributed by atoms with Crippen molar-refractivity contribution in [3.63, 3.8) is 0 Å². The molecule has 2 rings (SSSR count). The standard InChI is InChI=1S/C18H29NO2/c1-2-13-19-16-18(11-7-4-8-12-18)21-15-14-20-17-9-5-3-6-10-17/h3,5-6,9-10,19H,2,4,7-8,11-16H2,1H3. The Morgan fingerprint density at radius 3 is 2.52 bits per heavy atom. The molecule has 1 aromatic carbocycles. The quantitative estimate of drug-likeness (QED) is 0.702. The van der Waals surface area contributed by atoms with Crippen molar-refractivity contribution >= 4 is 0 Å². The number of hydrogen-bond acceptors (Lipinski definition) is 3. The highest BCUT2D eigenvalue weighted by Gasteiger charge is 2.32. The zero-order valence-corrected chi connectivity index (χ0v) is 13.3. The monoisotopic (exact) mass is 291 g/mol. The third-order valence-electron chi connectivity index (χ3n) is 4.14. The summed E-state index contributed by atoms with van der Waals surface area (Å²) in [5.74, 6) is 0.919. The van der Waals surface area contributed by atoms with Gasteiger partial charge in [0.05, 0.1) is 12.2 Å². The highest BCUT2D eigenvalue weighted by molar-refractivity contribution is 5.20. The third kappa shape index (κ3) is 5.68. The first-order chi connectivity index (χ1) is 10.3. The molecule has 0 aliphatic heterocycles. The maximum atomic E-state index is 6.25. The van der Waals surface area contributed by atoms with E-state index in [1.54, 1.807) is 0 Å². The average molecular weight is 291 g/mol. The number of benzene rings is 1. The molecule has 118 valence electrons. The second-order valence-corrected chi connectivity index (χ2v) is 5.93. The van der Waals surface area contributed by atoms with Crippen molar-refractivity contribution in [3.8, 4) is 5.75 Å². The van der Waals surface area contributed by atoms with Gasteiger partial charge in [-0.1, -0.05) is 44.4 Å². The van der Waals surface area contributed by atoms with Gasteiger partial charge >= 0.3 is 0 Å². The lowest BCUT2D eigenvalue weighted by Gasteiger charge is -2.37. The van der Waals surface area contributed by atoms with Gasteiger partial charge < -0.3 is 14.8 Å². The van der Waals surface area contributed by atoms with Crippen molar-refractivity contribution < 1.29 is 9.47 Å². The Kier molecular flexibility index (Phi) is 7.04. The van der Waals surface area contributed by atoms with Crippen LogP contribution < -0.4 is 10.1 Å². The molecule has 21 heavy (non-hydrogen) atoms. The lowest BCUT2D eigenvalue weighted by atomic mass is 9.84. The van der Waals surface area contributed by atoms with Gasteiger partial charge in [-0.25, -0.2) is 0 Å². The molecule has 0 saturated heterocycles. The van der Waals surface area contributed by atoms with Gasteiger partial charge in [0.2, 0.25) is 0 Å². The Labute approximate surface area is 129 Å². The van der Waals surface area contributed by atoms with Gasteiger partial charge in [-0.2, -0.15) is 0 Å². The van der Waals surface area contributed by atoms with E-state index >= 15 is 0 Å². The first kappa shape index (κ1) is 16.3.